The van der Waals surface area contributed by atoms with Crippen molar-refractivity contribution in [2.75, 3.05) is 44.8 Å². The summed E-state index contributed by atoms with van der Waals surface area (Å²) in [5, 5.41) is 21.6. The fourth-order valence-corrected chi connectivity index (χ4v) is 8.91. The molecule has 266 valence electrons. The van der Waals surface area contributed by atoms with Gasteiger partial charge in [0.2, 0.25) is 0 Å². The van der Waals surface area contributed by atoms with Gasteiger partial charge in [-0.25, -0.2) is 4.79 Å². The van der Waals surface area contributed by atoms with Crippen LogP contribution in [0.15, 0.2) is 17.4 Å². The van der Waals surface area contributed by atoms with Crippen molar-refractivity contribution in [2.24, 2.45) is 5.41 Å². The van der Waals surface area contributed by atoms with Crippen LogP contribution in [0.3, 0.4) is 0 Å². The smallest absolute Gasteiger partial charge is 0.410 e. The van der Waals surface area contributed by atoms with Gasteiger partial charge in [-0.2, -0.15) is 9.97 Å². The number of piperazine rings is 1. The van der Waals surface area contributed by atoms with Gasteiger partial charge >= 0.3 is 12.1 Å². The first-order valence-corrected chi connectivity index (χ1v) is 18.1. The minimum Gasteiger partial charge on any atom is -0.511 e. The number of nitrogens with one attached hydrogen (secondary N) is 1. The van der Waals surface area contributed by atoms with Crippen molar-refractivity contribution in [1.29, 1.82) is 5.41 Å². The Bertz CT molecular complexity index is 1390. The number of likely N-dealkylation sites (tertiary alicyclic amines) is 1. The van der Waals surface area contributed by atoms with Gasteiger partial charge in [0.15, 0.2) is 5.79 Å². The van der Waals surface area contributed by atoms with E-state index in [1.807, 2.05) is 40.7 Å². The number of carbonyl (C=O) groups excluding carboxylic acids is 1. The lowest BCUT2D eigenvalue weighted by atomic mass is 9.61. The minimum atomic E-state index is -0.838. The number of anilines is 1. The number of likely N-dealkylation sites (N-methyl/N-ethyl adjacent to an activating group) is 1. The minimum absolute atomic E-state index is 0.143. The summed E-state index contributed by atoms with van der Waals surface area (Å²) in [5.41, 5.74) is -0.0676. The van der Waals surface area contributed by atoms with Crippen LogP contribution in [0.4, 0.5) is 10.6 Å². The average Bonchev–Trinajstić information content (AvgIpc) is 3.68. The van der Waals surface area contributed by atoms with Crippen molar-refractivity contribution in [3.05, 3.63) is 23.1 Å². The molecule has 1 saturated carbocycles. The molecule has 0 aromatic carbocycles. The zero-order chi connectivity index (χ0) is 34.4. The number of amides is 1. The number of hydrogen-bond donors (Lipinski definition) is 2. The van der Waals surface area contributed by atoms with E-state index < -0.39 is 16.8 Å². The fraction of sp³-hybridized carbons (Fsp3) is 0.778. The predicted molar refractivity (Wildman–Crippen MR) is 183 cm³/mol. The van der Waals surface area contributed by atoms with Crippen molar-refractivity contribution in [3.8, 4) is 6.01 Å². The van der Waals surface area contributed by atoms with Crippen molar-refractivity contribution in [3.63, 3.8) is 0 Å². The fourth-order valence-electron chi connectivity index (χ4n) is 8.91. The Morgan fingerprint density at radius 1 is 1.06 bits per heavy atom. The van der Waals surface area contributed by atoms with Gasteiger partial charge in [-0.15, -0.1) is 0 Å². The summed E-state index contributed by atoms with van der Waals surface area (Å²) in [7, 11) is 2.12. The molecule has 5 aliphatic rings. The predicted octanol–water partition coefficient (Wildman–Crippen LogP) is 5.84. The van der Waals surface area contributed by atoms with Crippen molar-refractivity contribution < 1.29 is 28.8 Å². The summed E-state index contributed by atoms with van der Waals surface area (Å²) >= 11 is 0. The van der Waals surface area contributed by atoms with E-state index >= 15 is 0 Å². The van der Waals surface area contributed by atoms with Gasteiger partial charge in [0.25, 0.3) is 0 Å². The molecule has 0 radical (unpaired) electrons. The van der Waals surface area contributed by atoms with E-state index in [4.69, 9.17) is 28.9 Å². The van der Waals surface area contributed by atoms with Crippen LogP contribution in [0, 0.1) is 10.8 Å². The Labute approximate surface area is 285 Å². The Morgan fingerprint density at radius 3 is 2.38 bits per heavy atom. The molecule has 4 heterocycles. The molecule has 2 N–H and O–H groups in total. The van der Waals surface area contributed by atoms with Gasteiger partial charge in [-0.3, -0.25) is 15.2 Å². The van der Waals surface area contributed by atoms with Gasteiger partial charge in [0.1, 0.15) is 23.3 Å². The van der Waals surface area contributed by atoms with Crippen LogP contribution in [-0.2, 0) is 14.2 Å². The van der Waals surface area contributed by atoms with Crippen molar-refractivity contribution in [1.82, 2.24) is 19.8 Å². The first kappa shape index (κ1) is 34.9. The molecule has 12 nitrogen and oxygen atoms in total. The SMILES string of the molecule is C[C@H](Oc1nc(C(=N)C2=C(O)[C@]3(CCCCC34OCCO4)CCC2)cc(N2C[C@H](C)N(C(=O)OC(C)(C)C)[C@@H](C)C2)n1)[C@@H]1CCCN1C. The van der Waals surface area contributed by atoms with E-state index in [1.165, 1.54) is 0 Å². The summed E-state index contributed by atoms with van der Waals surface area (Å²) in [4.78, 5) is 29.1. The third-order valence-corrected chi connectivity index (χ3v) is 11.1. The number of rotatable bonds is 6. The zero-order valence-electron chi connectivity index (χ0n) is 30.0. The topological polar surface area (TPSA) is 134 Å². The largest absolute Gasteiger partial charge is 0.511 e. The Balaban J connectivity index is 1.34. The number of fused-ring (bicyclic) bond motifs is 1. The summed E-state index contributed by atoms with van der Waals surface area (Å²) < 4.78 is 24.8. The monoisotopic (exact) mass is 668 g/mol. The molecule has 3 aliphatic heterocycles. The highest BCUT2D eigenvalue weighted by Crippen LogP contribution is 2.58. The Morgan fingerprint density at radius 2 is 1.73 bits per heavy atom. The van der Waals surface area contributed by atoms with E-state index in [0.717, 1.165) is 57.9 Å². The number of aliphatic hydroxyl groups excluding tert-OH is 1. The zero-order valence-corrected chi connectivity index (χ0v) is 30.0. The second-order valence-electron chi connectivity index (χ2n) is 15.7. The number of ether oxygens (including phenoxy) is 4. The molecule has 48 heavy (non-hydrogen) atoms. The number of aliphatic hydroxyl groups is 1. The summed E-state index contributed by atoms with van der Waals surface area (Å²) in [5.74, 6) is 0.0171. The number of aromatic nitrogens is 2. The highest BCUT2D eigenvalue weighted by molar-refractivity contribution is 6.10. The lowest BCUT2D eigenvalue weighted by Crippen LogP contribution is -2.59. The molecule has 1 aromatic heterocycles. The molecule has 12 heteroatoms. The summed E-state index contributed by atoms with van der Waals surface area (Å²) in [6.45, 7) is 14.8. The van der Waals surface area contributed by atoms with Crippen LogP contribution in [0.5, 0.6) is 6.01 Å². The molecule has 4 fully saturated rings. The first-order valence-electron chi connectivity index (χ1n) is 18.1. The number of hydrogen-bond acceptors (Lipinski definition) is 11. The van der Waals surface area contributed by atoms with E-state index in [2.05, 4.69) is 23.8 Å². The number of allylic oxidation sites excluding steroid dienone is 1. The van der Waals surface area contributed by atoms with Gasteiger partial charge in [-0.1, -0.05) is 6.42 Å². The number of nitrogens with zero attached hydrogens (tertiary/aromatic N) is 5. The van der Waals surface area contributed by atoms with Gasteiger partial charge in [0.05, 0.1) is 42.1 Å². The molecular weight excluding hydrogens is 612 g/mol. The maximum Gasteiger partial charge on any atom is 0.410 e. The standard InChI is InChI=1S/C36H56N6O6/c1-23-21-41(22-24(2)42(23)33(44)48-34(4,5)6)29-20-27(38-32(39-29)47-25(3)28-13-11-17-40(28)7)30(37)26-12-10-15-35(31(26)43)14-8-9-16-36(35)45-18-19-46-36/h20,23-25,28,37,43H,8-19,21-22H2,1-7H3/t23-,24-,25-,28-,35-/m0/s1. The van der Waals surface area contributed by atoms with Crippen LogP contribution in [0.25, 0.3) is 0 Å². The van der Waals surface area contributed by atoms with Crippen LogP contribution in [0.1, 0.15) is 105 Å². The van der Waals surface area contributed by atoms with Crippen LogP contribution < -0.4 is 9.64 Å². The normalized spacial score (nSPS) is 30.3. The molecule has 2 spiro atoms. The molecule has 1 amide bonds. The van der Waals surface area contributed by atoms with E-state index in [1.54, 1.807) is 4.90 Å². The maximum absolute atomic E-state index is 13.1. The third-order valence-electron chi connectivity index (χ3n) is 11.1. The lowest BCUT2D eigenvalue weighted by molar-refractivity contribution is -0.255. The Kier molecular flexibility index (Phi) is 9.74. The number of carbonyl (C=O) groups is 1. The third kappa shape index (κ3) is 6.52. The quantitative estimate of drug-likeness (QED) is 0.356. The molecule has 0 bridgehead atoms. The van der Waals surface area contributed by atoms with Gasteiger partial charge in [0, 0.05) is 37.2 Å². The second-order valence-corrected chi connectivity index (χ2v) is 15.7. The van der Waals surface area contributed by atoms with Crippen LogP contribution in [0.2, 0.25) is 0 Å². The van der Waals surface area contributed by atoms with Crippen molar-refractivity contribution >= 4 is 17.6 Å². The molecule has 2 aliphatic carbocycles. The summed E-state index contributed by atoms with van der Waals surface area (Å²) in [6.07, 6.45) is 7.32. The molecule has 6 rings (SSSR count). The molecule has 1 aromatic rings. The molecule has 3 saturated heterocycles. The van der Waals surface area contributed by atoms with E-state index in [-0.39, 0.29) is 47.8 Å². The Hall–Kier alpha value is -2.96. The van der Waals surface area contributed by atoms with Gasteiger partial charge in [-0.05, 0) is 100 Å². The molecular formula is C36H56N6O6. The van der Waals surface area contributed by atoms with E-state index in [9.17, 15) is 15.3 Å². The molecule has 0 unspecified atom stereocenters. The molecule has 5 atom stereocenters. The highest BCUT2D eigenvalue weighted by atomic mass is 16.7. The van der Waals surface area contributed by atoms with Crippen LogP contribution in [-0.4, -0.2) is 112 Å². The summed E-state index contributed by atoms with van der Waals surface area (Å²) in [6, 6.07) is 2.02. The average molecular weight is 669 g/mol. The lowest BCUT2D eigenvalue weighted by Gasteiger charge is -2.51. The van der Waals surface area contributed by atoms with Crippen molar-refractivity contribution in [2.45, 2.75) is 135 Å². The van der Waals surface area contributed by atoms with E-state index in [0.29, 0.717) is 49.8 Å². The highest BCUT2D eigenvalue weighted by Gasteiger charge is 2.60. The van der Waals surface area contributed by atoms with Crippen LogP contribution >= 0.6 is 0 Å². The maximum atomic E-state index is 13.1. The van der Waals surface area contributed by atoms with Gasteiger partial charge < -0.3 is 29.0 Å². The second kappa shape index (κ2) is 13.4. The first-order chi connectivity index (χ1) is 22.7.